The van der Waals surface area contributed by atoms with Crippen molar-refractivity contribution in [2.24, 2.45) is 5.92 Å². The van der Waals surface area contributed by atoms with Gasteiger partial charge in [0.15, 0.2) is 0 Å². The predicted molar refractivity (Wildman–Crippen MR) is 116 cm³/mol. The van der Waals surface area contributed by atoms with Gasteiger partial charge >= 0.3 is 0 Å². The summed E-state index contributed by atoms with van der Waals surface area (Å²) in [6.45, 7) is 4.94. The van der Waals surface area contributed by atoms with Crippen molar-refractivity contribution in [3.8, 4) is 5.75 Å². The molecule has 0 amide bonds. The summed E-state index contributed by atoms with van der Waals surface area (Å²) in [6.07, 6.45) is 3.76. The molecule has 2 saturated heterocycles. The van der Waals surface area contributed by atoms with Crippen LogP contribution in [0.1, 0.15) is 31.5 Å². The van der Waals surface area contributed by atoms with Gasteiger partial charge in [0.2, 0.25) is 0 Å². The number of H-pyrrole nitrogens is 1. The van der Waals surface area contributed by atoms with Gasteiger partial charge in [0.25, 0.3) is 5.56 Å². The minimum Gasteiger partial charge on any atom is -0.493 e. The maximum Gasteiger partial charge on any atom is 0.261 e. The van der Waals surface area contributed by atoms with Crippen molar-refractivity contribution in [3.05, 3.63) is 34.1 Å². The van der Waals surface area contributed by atoms with E-state index in [0.717, 1.165) is 45.3 Å². The molecule has 1 N–H and O–H groups in total. The van der Waals surface area contributed by atoms with Crippen LogP contribution >= 0.6 is 11.6 Å². The molecule has 2 fully saturated rings. The quantitative estimate of drug-likeness (QED) is 0.619. The molecule has 9 heteroatoms. The van der Waals surface area contributed by atoms with Crippen molar-refractivity contribution in [2.75, 3.05) is 45.3 Å². The van der Waals surface area contributed by atoms with Crippen LogP contribution in [-0.4, -0.2) is 66.3 Å². The van der Waals surface area contributed by atoms with E-state index in [2.05, 4.69) is 14.9 Å². The summed E-state index contributed by atoms with van der Waals surface area (Å²) >= 11 is 5.81. The zero-order valence-electron chi connectivity index (χ0n) is 17.6. The number of nitrogens with one attached hydrogen (secondary N) is 1. The molecule has 31 heavy (non-hydrogen) atoms. The van der Waals surface area contributed by atoms with Crippen molar-refractivity contribution in [2.45, 2.75) is 38.4 Å². The molecule has 0 bridgehead atoms. The monoisotopic (exact) mass is 453 g/mol. The molecule has 4 rings (SSSR count). The number of rotatable bonds is 8. The molecular formula is C22H29ClFN3O4. The van der Waals surface area contributed by atoms with Crippen LogP contribution < -0.4 is 10.3 Å². The van der Waals surface area contributed by atoms with Crippen molar-refractivity contribution < 1.29 is 18.6 Å². The van der Waals surface area contributed by atoms with Gasteiger partial charge in [0.1, 0.15) is 29.4 Å². The van der Waals surface area contributed by atoms with E-state index < -0.39 is 11.4 Å². The Labute approximate surface area is 185 Å². The smallest absolute Gasteiger partial charge is 0.261 e. The molecule has 0 aliphatic carbocycles. The summed E-state index contributed by atoms with van der Waals surface area (Å²) in [5, 5.41) is -0.0588. The summed E-state index contributed by atoms with van der Waals surface area (Å²) in [6, 6.07) is 2.90. The first-order chi connectivity index (χ1) is 15.1. The van der Waals surface area contributed by atoms with Crippen LogP contribution in [0.5, 0.6) is 5.75 Å². The zero-order valence-corrected chi connectivity index (χ0v) is 18.3. The van der Waals surface area contributed by atoms with Gasteiger partial charge < -0.3 is 24.1 Å². The summed E-state index contributed by atoms with van der Waals surface area (Å²) in [4.78, 5) is 21.8. The summed E-state index contributed by atoms with van der Waals surface area (Å²) in [5.74, 6) is 1.21. The number of aromatic nitrogens is 2. The van der Waals surface area contributed by atoms with Crippen LogP contribution in [0.2, 0.25) is 0 Å². The van der Waals surface area contributed by atoms with E-state index in [1.165, 1.54) is 6.07 Å². The van der Waals surface area contributed by atoms with Gasteiger partial charge in [-0.15, -0.1) is 11.6 Å². The van der Waals surface area contributed by atoms with Gasteiger partial charge in [-0.2, -0.15) is 0 Å². The first-order valence-electron chi connectivity index (χ1n) is 11.0. The number of alkyl halides is 1. The summed E-state index contributed by atoms with van der Waals surface area (Å²) in [7, 11) is 0. The molecule has 170 valence electrons. The van der Waals surface area contributed by atoms with Crippen molar-refractivity contribution in [1.82, 2.24) is 14.9 Å². The summed E-state index contributed by atoms with van der Waals surface area (Å²) in [5.41, 5.74) is -0.229. The third-order valence-electron chi connectivity index (χ3n) is 6.00. The number of likely N-dealkylation sites (tertiary alicyclic amines) is 1. The lowest BCUT2D eigenvalue weighted by Crippen LogP contribution is -2.36. The number of piperidine rings is 1. The SMILES string of the molecule is O=c1[nH]c(COC2CCOCC2)nc2cc(OCC3CCN(CCCl)CC3)cc(F)c12. The van der Waals surface area contributed by atoms with Gasteiger partial charge in [-0.1, -0.05) is 0 Å². The van der Waals surface area contributed by atoms with Crippen molar-refractivity contribution >= 4 is 22.5 Å². The third kappa shape index (κ3) is 5.94. The molecule has 3 heterocycles. The fourth-order valence-corrected chi connectivity index (χ4v) is 4.39. The normalized spacial score (nSPS) is 19.2. The molecule has 2 aliphatic rings. The molecule has 0 saturated carbocycles. The molecule has 1 aromatic heterocycles. The topological polar surface area (TPSA) is 76.7 Å². The first kappa shape index (κ1) is 22.5. The molecule has 0 atom stereocenters. The molecular weight excluding hydrogens is 425 g/mol. The van der Waals surface area contributed by atoms with Crippen LogP contribution in [0.25, 0.3) is 10.9 Å². The number of hydrogen-bond donors (Lipinski definition) is 1. The number of nitrogens with zero attached hydrogens (tertiary/aromatic N) is 2. The van der Waals surface area contributed by atoms with Crippen LogP contribution in [0, 0.1) is 11.7 Å². The molecule has 0 spiro atoms. The highest BCUT2D eigenvalue weighted by Crippen LogP contribution is 2.24. The van der Waals surface area contributed by atoms with Crippen LogP contribution in [0.4, 0.5) is 4.39 Å². The maximum absolute atomic E-state index is 14.6. The van der Waals surface area contributed by atoms with Gasteiger partial charge in [0.05, 0.1) is 18.2 Å². The number of aromatic amines is 1. The van der Waals surface area contributed by atoms with Gasteiger partial charge in [-0.25, -0.2) is 9.37 Å². The van der Waals surface area contributed by atoms with E-state index in [0.29, 0.717) is 43.2 Å². The highest BCUT2D eigenvalue weighted by molar-refractivity contribution is 6.18. The Hall–Kier alpha value is -1.74. The van der Waals surface area contributed by atoms with Crippen molar-refractivity contribution in [1.29, 1.82) is 0 Å². The maximum atomic E-state index is 14.6. The van der Waals surface area contributed by atoms with Crippen LogP contribution in [0.15, 0.2) is 16.9 Å². The van der Waals surface area contributed by atoms with Gasteiger partial charge in [0, 0.05) is 37.8 Å². The molecule has 0 radical (unpaired) electrons. The number of fused-ring (bicyclic) bond motifs is 1. The largest absolute Gasteiger partial charge is 0.493 e. The standard InChI is InChI=1S/C22H29ClFN3O4/c23-5-8-27-6-1-15(2-7-27)13-30-17-11-18(24)21-19(12-17)25-20(26-22(21)28)14-31-16-3-9-29-10-4-16/h11-12,15-16H,1-10,13-14H2,(H,25,26,28). The Morgan fingerprint density at radius 1 is 1.23 bits per heavy atom. The highest BCUT2D eigenvalue weighted by atomic mass is 35.5. The number of ether oxygens (including phenoxy) is 3. The summed E-state index contributed by atoms with van der Waals surface area (Å²) < 4.78 is 31.7. The van der Waals surface area contributed by atoms with E-state index in [4.69, 9.17) is 25.8 Å². The third-order valence-corrected chi connectivity index (χ3v) is 6.17. The molecule has 1 aromatic carbocycles. The lowest BCUT2D eigenvalue weighted by Gasteiger charge is -2.31. The Kier molecular flexibility index (Phi) is 7.76. The minimum atomic E-state index is -0.630. The number of hydrogen-bond acceptors (Lipinski definition) is 6. The Morgan fingerprint density at radius 2 is 2.00 bits per heavy atom. The zero-order chi connectivity index (χ0) is 21.6. The Bertz CT molecular complexity index is 927. The Balaban J connectivity index is 1.40. The molecule has 2 aromatic rings. The Morgan fingerprint density at radius 3 is 2.74 bits per heavy atom. The first-order valence-corrected chi connectivity index (χ1v) is 11.5. The fraction of sp³-hybridized carbons (Fsp3) is 0.636. The second-order valence-electron chi connectivity index (χ2n) is 8.22. The van der Waals surface area contributed by atoms with Crippen LogP contribution in [-0.2, 0) is 16.1 Å². The molecule has 7 nitrogen and oxygen atoms in total. The highest BCUT2D eigenvalue weighted by Gasteiger charge is 2.20. The van der Waals surface area contributed by atoms with Gasteiger partial charge in [-0.3, -0.25) is 4.79 Å². The van der Waals surface area contributed by atoms with Crippen LogP contribution in [0.3, 0.4) is 0 Å². The number of benzene rings is 1. The van der Waals surface area contributed by atoms with E-state index in [-0.39, 0.29) is 23.6 Å². The second kappa shape index (κ2) is 10.7. The minimum absolute atomic E-state index is 0.0588. The van der Waals surface area contributed by atoms with E-state index in [1.54, 1.807) is 6.07 Å². The van der Waals surface area contributed by atoms with E-state index in [1.807, 2.05) is 0 Å². The van der Waals surface area contributed by atoms with Gasteiger partial charge in [-0.05, 0) is 44.7 Å². The lowest BCUT2D eigenvalue weighted by atomic mass is 9.98. The molecule has 2 aliphatic heterocycles. The second-order valence-corrected chi connectivity index (χ2v) is 8.60. The van der Waals surface area contributed by atoms with E-state index >= 15 is 0 Å². The average molecular weight is 454 g/mol. The average Bonchev–Trinajstić information content (AvgIpc) is 2.78. The predicted octanol–water partition coefficient (Wildman–Crippen LogP) is 3.09. The van der Waals surface area contributed by atoms with E-state index in [9.17, 15) is 9.18 Å². The lowest BCUT2D eigenvalue weighted by molar-refractivity contribution is -0.0408. The fourth-order valence-electron chi connectivity index (χ4n) is 4.15. The van der Waals surface area contributed by atoms with Crippen molar-refractivity contribution in [3.63, 3.8) is 0 Å². The number of halogens is 2. The molecule has 0 unspecified atom stereocenters.